The SMILES string of the molecule is CC1/C=C/CCC(C)(C(=O)NC(C=O)CC(=O)O)CC1. The number of carbonyl (C=O) groups excluding carboxylic acids is 2. The number of carboxylic acid groups (broad SMARTS) is 1. The van der Waals surface area contributed by atoms with E-state index in [0.717, 1.165) is 19.3 Å². The topological polar surface area (TPSA) is 83.5 Å². The molecule has 1 aliphatic carbocycles. The van der Waals surface area contributed by atoms with Crippen molar-refractivity contribution in [2.75, 3.05) is 0 Å². The highest BCUT2D eigenvalue weighted by Crippen LogP contribution is 2.33. The molecule has 1 aliphatic rings. The summed E-state index contributed by atoms with van der Waals surface area (Å²) in [6.07, 6.45) is 7.54. The molecular weight excluding hydrogens is 258 g/mol. The van der Waals surface area contributed by atoms with Crippen LogP contribution in [0.25, 0.3) is 0 Å². The van der Waals surface area contributed by atoms with Gasteiger partial charge in [-0.2, -0.15) is 0 Å². The van der Waals surface area contributed by atoms with Crippen LogP contribution in [0.4, 0.5) is 0 Å². The van der Waals surface area contributed by atoms with Crippen LogP contribution >= 0.6 is 0 Å². The smallest absolute Gasteiger partial charge is 0.305 e. The van der Waals surface area contributed by atoms with Crippen LogP contribution < -0.4 is 5.32 Å². The summed E-state index contributed by atoms with van der Waals surface area (Å²) in [4.78, 5) is 33.8. The first-order chi connectivity index (χ1) is 9.37. The molecule has 20 heavy (non-hydrogen) atoms. The largest absolute Gasteiger partial charge is 0.481 e. The Hall–Kier alpha value is -1.65. The van der Waals surface area contributed by atoms with Gasteiger partial charge in [0.1, 0.15) is 6.29 Å². The molecule has 5 heteroatoms. The second kappa shape index (κ2) is 7.22. The number of carbonyl (C=O) groups is 3. The average Bonchev–Trinajstić information content (AvgIpc) is 2.38. The quantitative estimate of drug-likeness (QED) is 0.595. The van der Waals surface area contributed by atoms with Crippen molar-refractivity contribution in [3.05, 3.63) is 12.2 Å². The fraction of sp³-hybridized carbons (Fsp3) is 0.667. The maximum absolute atomic E-state index is 12.4. The fourth-order valence-electron chi connectivity index (χ4n) is 2.39. The van der Waals surface area contributed by atoms with Crippen molar-refractivity contribution in [2.45, 2.75) is 52.0 Å². The van der Waals surface area contributed by atoms with Crippen LogP contribution in [-0.2, 0) is 14.4 Å². The van der Waals surface area contributed by atoms with Gasteiger partial charge in [0.15, 0.2) is 0 Å². The Bertz CT molecular complexity index is 405. The van der Waals surface area contributed by atoms with Gasteiger partial charge in [0.05, 0.1) is 12.5 Å². The normalized spacial score (nSPS) is 29.6. The van der Waals surface area contributed by atoms with E-state index in [-0.39, 0.29) is 12.3 Å². The summed E-state index contributed by atoms with van der Waals surface area (Å²) in [5.41, 5.74) is -0.543. The van der Waals surface area contributed by atoms with E-state index in [1.165, 1.54) is 0 Å². The first-order valence-corrected chi connectivity index (χ1v) is 7.02. The van der Waals surface area contributed by atoms with Crippen LogP contribution in [0.2, 0.25) is 0 Å². The van der Waals surface area contributed by atoms with Gasteiger partial charge >= 0.3 is 5.97 Å². The van der Waals surface area contributed by atoms with Crippen LogP contribution in [0.1, 0.15) is 46.0 Å². The summed E-state index contributed by atoms with van der Waals surface area (Å²) in [6, 6.07) is -0.949. The van der Waals surface area contributed by atoms with Gasteiger partial charge in [-0.1, -0.05) is 26.0 Å². The zero-order valence-corrected chi connectivity index (χ0v) is 12.1. The van der Waals surface area contributed by atoms with Crippen molar-refractivity contribution < 1.29 is 19.5 Å². The minimum atomic E-state index is -1.10. The molecule has 0 radical (unpaired) electrons. The highest BCUT2D eigenvalue weighted by atomic mass is 16.4. The summed E-state index contributed by atoms with van der Waals surface area (Å²) >= 11 is 0. The lowest BCUT2D eigenvalue weighted by atomic mass is 9.76. The molecule has 112 valence electrons. The third kappa shape index (κ3) is 4.79. The molecule has 1 amide bonds. The van der Waals surface area contributed by atoms with Gasteiger partial charge < -0.3 is 15.2 Å². The van der Waals surface area contributed by atoms with E-state index in [4.69, 9.17) is 5.11 Å². The van der Waals surface area contributed by atoms with Crippen LogP contribution in [0.5, 0.6) is 0 Å². The van der Waals surface area contributed by atoms with Gasteiger partial charge in [0.2, 0.25) is 5.91 Å². The molecule has 0 saturated heterocycles. The van der Waals surface area contributed by atoms with Crippen LogP contribution in [0.3, 0.4) is 0 Å². The van der Waals surface area contributed by atoms with E-state index in [2.05, 4.69) is 24.4 Å². The number of allylic oxidation sites excluding steroid dienone is 2. The Kier molecular flexibility index (Phi) is 5.92. The molecule has 0 aliphatic heterocycles. The summed E-state index contributed by atoms with van der Waals surface area (Å²) in [5, 5.41) is 11.3. The van der Waals surface area contributed by atoms with Crippen LogP contribution in [-0.4, -0.2) is 29.3 Å². The van der Waals surface area contributed by atoms with E-state index in [0.29, 0.717) is 18.6 Å². The number of hydrogen-bond acceptors (Lipinski definition) is 3. The summed E-state index contributed by atoms with van der Waals surface area (Å²) < 4.78 is 0. The van der Waals surface area contributed by atoms with Gasteiger partial charge in [-0.3, -0.25) is 9.59 Å². The molecule has 0 heterocycles. The minimum absolute atomic E-state index is 0.224. The Morgan fingerprint density at radius 2 is 2.20 bits per heavy atom. The number of nitrogens with one attached hydrogen (secondary N) is 1. The highest BCUT2D eigenvalue weighted by molar-refractivity contribution is 5.86. The average molecular weight is 281 g/mol. The summed E-state index contributed by atoms with van der Waals surface area (Å²) in [7, 11) is 0. The first kappa shape index (κ1) is 16.4. The van der Waals surface area contributed by atoms with Crippen molar-refractivity contribution in [3.8, 4) is 0 Å². The Morgan fingerprint density at radius 1 is 1.50 bits per heavy atom. The van der Waals surface area contributed by atoms with Crippen LogP contribution in [0.15, 0.2) is 12.2 Å². The predicted octanol–water partition coefficient (Wildman–Crippen LogP) is 1.92. The Balaban J connectivity index is 2.70. The molecule has 0 fully saturated rings. The molecule has 2 N–H and O–H groups in total. The number of amides is 1. The molecule has 3 atom stereocenters. The van der Waals surface area contributed by atoms with E-state index < -0.39 is 17.4 Å². The van der Waals surface area contributed by atoms with Crippen molar-refractivity contribution in [2.24, 2.45) is 11.3 Å². The fourth-order valence-corrected chi connectivity index (χ4v) is 2.39. The first-order valence-electron chi connectivity index (χ1n) is 7.02. The van der Waals surface area contributed by atoms with Gasteiger partial charge in [-0.15, -0.1) is 0 Å². The molecule has 0 bridgehead atoms. The second-order valence-electron chi connectivity index (χ2n) is 5.86. The molecule has 3 unspecified atom stereocenters. The molecule has 0 aromatic rings. The van der Waals surface area contributed by atoms with E-state index in [1.807, 2.05) is 6.92 Å². The third-order valence-corrected chi connectivity index (χ3v) is 3.90. The van der Waals surface area contributed by atoms with Crippen molar-refractivity contribution in [1.29, 1.82) is 0 Å². The molecule has 0 spiro atoms. The van der Waals surface area contributed by atoms with Crippen molar-refractivity contribution in [3.63, 3.8) is 0 Å². The van der Waals surface area contributed by atoms with Crippen molar-refractivity contribution in [1.82, 2.24) is 5.32 Å². The number of carboxylic acids is 1. The minimum Gasteiger partial charge on any atom is -0.481 e. The van der Waals surface area contributed by atoms with Crippen molar-refractivity contribution >= 4 is 18.2 Å². The molecule has 5 nitrogen and oxygen atoms in total. The van der Waals surface area contributed by atoms with E-state index in [9.17, 15) is 14.4 Å². The van der Waals surface area contributed by atoms with Gasteiger partial charge in [-0.05, 0) is 31.6 Å². The van der Waals surface area contributed by atoms with Gasteiger partial charge in [0, 0.05) is 5.41 Å². The van der Waals surface area contributed by atoms with Gasteiger partial charge in [-0.25, -0.2) is 0 Å². The Morgan fingerprint density at radius 3 is 2.80 bits per heavy atom. The number of rotatable bonds is 5. The standard InChI is InChI=1S/C15H23NO4/c1-11-5-3-4-7-15(2,8-6-11)14(20)16-12(10-17)9-13(18)19/h3,5,10-12H,4,6-9H2,1-2H3,(H,16,20)(H,18,19)/b5-3+. The lowest BCUT2D eigenvalue weighted by molar-refractivity contribution is -0.139. The zero-order chi connectivity index (χ0) is 15.2. The molecule has 0 saturated carbocycles. The number of aliphatic carboxylic acids is 1. The maximum atomic E-state index is 12.4. The molecule has 0 aromatic carbocycles. The lowest BCUT2D eigenvalue weighted by Gasteiger charge is -2.31. The number of aldehydes is 1. The highest BCUT2D eigenvalue weighted by Gasteiger charge is 2.34. The molecule has 0 aromatic heterocycles. The maximum Gasteiger partial charge on any atom is 0.305 e. The summed E-state index contributed by atoms with van der Waals surface area (Å²) in [5.74, 6) is -0.886. The number of hydrogen-bond donors (Lipinski definition) is 2. The monoisotopic (exact) mass is 281 g/mol. The Labute approximate surface area is 119 Å². The predicted molar refractivity (Wildman–Crippen MR) is 75.1 cm³/mol. The van der Waals surface area contributed by atoms with Crippen LogP contribution in [0, 0.1) is 11.3 Å². The lowest BCUT2D eigenvalue weighted by Crippen LogP contribution is -2.46. The van der Waals surface area contributed by atoms with Gasteiger partial charge in [0.25, 0.3) is 0 Å². The van der Waals surface area contributed by atoms with E-state index >= 15 is 0 Å². The van der Waals surface area contributed by atoms with E-state index in [1.54, 1.807) is 0 Å². The third-order valence-electron chi connectivity index (χ3n) is 3.90. The second-order valence-corrected chi connectivity index (χ2v) is 5.86. The summed E-state index contributed by atoms with van der Waals surface area (Å²) in [6.45, 7) is 4.00. The molecule has 1 rings (SSSR count). The molecular formula is C15H23NO4. The zero-order valence-electron chi connectivity index (χ0n) is 12.1.